The minimum absolute atomic E-state index is 0.339. The number of carbonyl (C=O) groups excluding carboxylic acids is 2. The second-order valence-corrected chi connectivity index (χ2v) is 8.53. The average Bonchev–Trinajstić information content (AvgIpc) is 2.77. The Kier molecular flexibility index (Phi) is 12.4. The Morgan fingerprint density at radius 2 is 1.62 bits per heavy atom. The number of ether oxygens (including phenoxy) is 4. The van der Waals surface area contributed by atoms with Crippen LogP contribution in [0, 0.1) is 0 Å². The molecule has 2 N–H and O–H groups in total. The van der Waals surface area contributed by atoms with Crippen LogP contribution in [0.5, 0.6) is 5.75 Å². The Hall–Kier alpha value is -2.84. The molecule has 0 saturated carbocycles. The fourth-order valence-electron chi connectivity index (χ4n) is 2.73. The van der Waals surface area contributed by atoms with Gasteiger partial charge in [-0.1, -0.05) is 13.2 Å². The Balaban J connectivity index is 2.11. The summed E-state index contributed by atoms with van der Waals surface area (Å²) >= 11 is 0. The number of aliphatic hydroxyl groups is 2. The highest BCUT2D eigenvalue weighted by molar-refractivity contribution is 6.01. The van der Waals surface area contributed by atoms with Gasteiger partial charge in [-0.3, -0.25) is 4.79 Å². The molecule has 190 valence electrons. The molecule has 8 nitrogen and oxygen atoms in total. The third-order valence-corrected chi connectivity index (χ3v) is 4.81. The quantitative estimate of drug-likeness (QED) is 0.150. The predicted octanol–water partition coefficient (Wildman–Crippen LogP) is 3.95. The van der Waals surface area contributed by atoms with E-state index in [0.717, 1.165) is 25.7 Å². The number of aliphatic hydroxyl groups excluding tert-OH is 1. The van der Waals surface area contributed by atoms with Crippen molar-refractivity contribution in [3.05, 3.63) is 54.5 Å². The van der Waals surface area contributed by atoms with Gasteiger partial charge >= 0.3 is 5.97 Å². The Labute approximate surface area is 202 Å². The molecule has 0 aliphatic rings. The van der Waals surface area contributed by atoms with E-state index in [1.54, 1.807) is 31.2 Å². The molecule has 0 aromatic heterocycles. The summed E-state index contributed by atoms with van der Waals surface area (Å²) < 4.78 is 21.7. The zero-order valence-corrected chi connectivity index (χ0v) is 20.7. The van der Waals surface area contributed by atoms with Crippen molar-refractivity contribution in [3.8, 4) is 5.75 Å². The van der Waals surface area contributed by atoms with E-state index in [-0.39, 0.29) is 5.78 Å². The Morgan fingerprint density at radius 1 is 0.971 bits per heavy atom. The van der Waals surface area contributed by atoms with Gasteiger partial charge in [0.1, 0.15) is 36.4 Å². The molecule has 0 fully saturated rings. The van der Waals surface area contributed by atoms with Gasteiger partial charge in [0.05, 0.1) is 12.4 Å². The molecule has 0 radical (unpaired) electrons. The van der Waals surface area contributed by atoms with E-state index in [9.17, 15) is 14.7 Å². The van der Waals surface area contributed by atoms with Gasteiger partial charge in [0, 0.05) is 12.0 Å². The molecular weight excluding hydrogens is 440 g/mol. The molecule has 2 atom stereocenters. The maximum absolute atomic E-state index is 12.0. The van der Waals surface area contributed by atoms with Gasteiger partial charge in [-0.15, -0.1) is 0 Å². The predicted molar refractivity (Wildman–Crippen MR) is 128 cm³/mol. The maximum Gasteiger partial charge on any atom is 0.335 e. The van der Waals surface area contributed by atoms with Crippen molar-refractivity contribution < 1.29 is 38.7 Å². The number of Topliss-reactive ketones (excluding diaryl/α,β-unsaturated/α-hetero) is 1. The Bertz CT molecular complexity index is 805. The Morgan fingerprint density at radius 3 is 2.21 bits per heavy atom. The summed E-state index contributed by atoms with van der Waals surface area (Å²) in [7, 11) is 0. The first-order chi connectivity index (χ1) is 15.9. The van der Waals surface area contributed by atoms with Gasteiger partial charge in [0.25, 0.3) is 0 Å². The standard InChI is InChI=1S/C26H38O8/c1-18(10-8-7-9-15-32-20(3)21(4)34-25(29)19(2)27)31-16-17-33-23-13-11-22(12-14-23)24(28)26(5,6)30/h11-14,19,21,27,30H,1,3,7-10,15-17H2,2,4-6H3. The van der Waals surface area contributed by atoms with Crippen LogP contribution >= 0.6 is 0 Å². The minimum atomic E-state index is -1.41. The second-order valence-electron chi connectivity index (χ2n) is 8.53. The third-order valence-electron chi connectivity index (χ3n) is 4.81. The summed E-state index contributed by atoms with van der Waals surface area (Å²) in [4.78, 5) is 23.4. The van der Waals surface area contributed by atoms with Crippen molar-refractivity contribution in [1.82, 2.24) is 0 Å². The molecule has 0 heterocycles. The van der Waals surface area contributed by atoms with Crippen LogP contribution in [0.4, 0.5) is 0 Å². The van der Waals surface area contributed by atoms with Gasteiger partial charge in [-0.05, 0) is 71.2 Å². The summed E-state index contributed by atoms with van der Waals surface area (Å²) in [5.74, 6) is 0.581. The van der Waals surface area contributed by atoms with Crippen molar-refractivity contribution in [1.29, 1.82) is 0 Å². The fourth-order valence-corrected chi connectivity index (χ4v) is 2.73. The number of ketones is 1. The van der Waals surface area contributed by atoms with Crippen LogP contribution in [0.3, 0.4) is 0 Å². The van der Waals surface area contributed by atoms with Crippen molar-refractivity contribution in [2.75, 3.05) is 19.8 Å². The summed E-state index contributed by atoms with van der Waals surface area (Å²) in [6.45, 7) is 14.7. The minimum Gasteiger partial charge on any atom is -0.495 e. The van der Waals surface area contributed by atoms with Crippen LogP contribution in [-0.2, 0) is 19.0 Å². The monoisotopic (exact) mass is 478 g/mol. The molecule has 1 aromatic rings. The summed E-state index contributed by atoms with van der Waals surface area (Å²) in [5.41, 5.74) is -0.985. The van der Waals surface area contributed by atoms with Crippen molar-refractivity contribution in [2.45, 2.75) is 71.2 Å². The lowest BCUT2D eigenvalue weighted by atomic mass is 9.97. The molecule has 1 aromatic carbocycles. The zero-order valence-electron chi connectivity index (χ0n) is 20.7. The van der Waals surface area contributed by atoms with Crippen molar-refractivity contribution >= 4 is 11.8 Å². The number of unbranched alkanes of at least 4 members (excludes halogenated alkanes) is 2. The summed E-state index contributed by atoms with van der Waals surface area (Å²) in [5, 5.41) is 18.9. The molecule has 0 aliphatic heterocycles. The highest BCUT2D eigenvalue weighted by atomic mass is 16.6. The lowest BCUT2D eigenvalue weighted by Gasteiger charge is -2.17. The number of carbonyl (C=O) groups is 2. The SMILES string of the molecule is C=C(CCCCCOC(=C)C(C)OC(=O)C(C)O)OCCOc1ccc(C(=O)C(C)(C)O)cc1. The van der Waals surface area contributed by atoms with Gasteiger partial charge in [0.2, 0.25) is 0 Å². The summed E-state index contributed by atoms with van der Waals surface area (Å²) in [6.07, 6.45) is 1.52. The third kappa shape index (κ3) is 11.3. The molecule has 0 aliphatic carbocycles. The number of esters is 1. The largest absolute Gasteiger partial charge is 0.495 e. The fraction of sp³-hybridized carbons (Fsp3) is 0.538. The molecule has 34 heavy (non-hydrogen) atoms. The van der Waals surface area contributed by atoms with Crippen molar-refractivity contribution in [2.24, 2.45) is 0 Å². The van der Waals surface area contributed by atoms with E-state index in [1.165, 1.54) is 20.8 Å². The average molecular weight is 479 g/mol. The van der Waals surface area contributed by atoms with Crippen LogP contribution in [0.15, 0.2) is 48.9 Å². The lowest BCUT2D eigenvalue weighted by molar-refractivity contribution is -0.157. The molecule has 0 bridgehead atoms. The second kappa shape index (κ2) is 14.4. The number of rotatable bonds is 17. The van der Waals surface area contributed by atoms with Gasteiger partial charge in [-0.25, -0.2) is 4.79 Å². The maximum atomic E-state index is 12.0. The first kappa shape index (κ1) is 29.2. The molecular formula is C26H38O8. The zero-order chi connectivity index (χ0) is 25.7. The van der Waals surface area contributed by atoms with E-state index < -0.39 is 23.8 Å². The highest BCUT2D eigenvalue weighted by Gasteiger charge is 2.25. The van der Waals surface area contributed by atoms with E-state index in [2.05, 4.69) is 13.2 Å². The smallest absolute Gasteiger partial charge is 0.335 e. The van der Waals surface area contributed by atoms with E-state index in [4.69, 9.17) is 24.1 Å². The van der Waals surface area contributed by atoms with Crippen LogP contribution in [0.2, 0.25) is 0 Å². The molecule has 0 saturated heterocycles. The number of hydrogen-bond donors (Lipinski definition) is 2. The molecule has 8 heteroatoms. The number of allylic oxidation sites excluding steroid dienone is 1. The number of benzene rings is 1. The first-order valence-electron chi connectivity index (χ1n) is 11.4. The normalized spacial score (nSPS) is 12.9. The summed E-state index contributed by atoms with van der Waals surface area (Å²) in [6, 6.07) is 6.61. The molecule has 2 unspecified atom stereocenters. The van der Waals surface area contributed by atoms with Crippen LogP contribution < -0.4 is 4.74 Å². The van der Waals surface area contributed by atoms with Gasteiger partial charge in [-0.2, -0.15) is 0 Å². The van der Waals surface area contributed by atoms with Crippen molar-refractivity contribution in [3.63, 3.8) is 0 Å². The van der Waals surface area contributed by atoms with E-state index in [1.807, 2.05) is 0 Å². The topological polar surface area (TPSA) is 112 Å². The van der Waals surface area contributed by atoms with E-state index >= 15 is 0 Å². The van der Waals surface area contributed by atoms with Crippen LogP contribution in [0.25, 0.3) is 0 Å². The van der Waals surface area contributed by atoms with E-state index in [0.29, 0.717) is 42.7 Å². The lowest BCUT2D eigenvalue weighted by Crippen LogP contribution is -2.30. The highest BCUT2D eigenvalue weighted by Crippen LogP contribution is 2.17. The number of hydrogen-bond acceptors (Lipinski definition) is 8. The molecule has 1 rings (SSSR count). The van der Waals surface area contributed by atoms with Crippen LogP contribution in [-0.4, -0.2) is 59.6 Å². The molecule has 0 spiro atoms. The van der Waals surface area contributed by atoms with Crippen LogP contribution in [0.1, 0.15) is 63.7 Å². The van der Waals surface area contributed by atoms with Gasteiger partial charge in [0.15, 0.2) is 11.9 Å². The van der Waals surface area contributed by atoms with Gasteiger partial charge < -0.3 is 29.2 Å². The molecule has 0 amide bonds. The first-order valence-corrected chi connectivity index (χ1v) is 11.4.